The summed E-state index contributed by atoms with van der Waals surface area (Å²) >= 11 is 0. The number of nitrogens with two attached hydrogens (primary N) is 1. The molecule has 0 bridgehead atoms. The zero-order valence-electron chi connectivity index (χ0n) is 13.5. The van der Waals surface area contributed by atoms with E-state index in [9.17, 15) is 0 Å². The van der Waals surface area contributed by atoms with Crippen molar-refractivity contribution in [3.8, 4) is 5.75 Å². The van der Waals surface area contributed by atoms with Crippen LogP contribution in [0.15, 0.2) is 42.5 Å². The molecule has 22 heavy (non-hydrogen) atoms. The van der Waals surface area contributed by atoms with E-state index in [1.54, 1.807) is 7.11 Å². The highest BCUT2D eigenvalue weighted by Crippen LogP contribution is 2.41. The van der Waals surface area contributed by atoms with Gasteiger partial charge in [-0.1, -0.05) is 42.0 Å². The Hall–Kier alpha value is -1.84. The molecule has 116 valence electrons. The number of para-hydroxylation sites is 1. The maximum absolute atomic E-state index is 6.03. The molecule has 3 nitrogen and oxygen atoms in total. The number of ether oxygens (including phenoxy) is 1. The SMILES string of the molecule is COc1ccccc1C1CN(C)C(CN)c2cc(C)ccc21. The van der Waals surface area contributed by atoms with E-state index >= 15 is 0 Å². The second kappa shape index (κ2) is 6.11. The number of likely N-dealkylation sites (N-methyl/N-ethyl adjacent to an activating group) is 1. The Kier molecular flexibility index (Phi) is 4.19. The lowest BCUT2D eigenvalue weighted by Crippen LogP contribution is -2.39. The predicted octanol–water partition coefficient (Wildman–Crippen LogP) is 3.08. The average Bonchev–Trinajstić information content (AvgIpc) is 2.54. The molecule has 0 radical (unpaired) electrons. The summed E-state index contributed by atoms with van der Waals surface area (Å²) in [6.07, 6.45) is 0. The molecule has 0 fully saturated rings. The first kappa shape index (κ1) is 15.1. The molecule has 1 heterocycles. The van der Waals surface area contributed by atoms with Crippen molar-refractivity contribution >= 4 is 0 Å². The monoisotopic (exact) mass is 296 g/mol. The van der Waals surface area contributed by atoms with Gasteiger partial charge in [0.1, 0.15) is 5.75 Å². The summed E-state index contributed by atoms with van der Waals surface area (Å²) in [4.78, 5) is 2.36. The van der Waals surface area contributed by atoms with Crippen molar-refractivity contribution in [2.75, 3.05) is 27.2 Å². The first-order valence-corrected chi connectivity index (χ1v) is 7.79. The van der Waals surface area contributed by atoms with Crippen molar-refractivity contribution in [1.29, 1.82) is 0 Å². The first-order valence-electron chi connectivity index (χ1n) is 7.79. The molecule has 1 aliphatic rings. The van der Waals surface area contributed by atoms with Crippen LogP contribution < -0.4 is 10.5 Å². The summed E-state index contributed by atoms with van der Waals surface area (Å²) in [7, 11) is 3.90. The topological polar surface area (TPSA) is 38.5 Å². The maximum Gasteiger partial charge on any atom is 0.122 e. The third kappa shape index (κ3) is 2.51. The van der Waals surface area contributed by atoms with E-state index in [-0.39, 0.29) is 0 Å². The third-order valence-electron chi connectivity index (χ3n) is 4.72. The van der Waals surface area contributed by atoms with Crippen molar-refractivity contribution in [1.82, 2.24) is 4.90 Å². The summed E-state index contributed by atoms with van der Waals surface area (Å²) in [6.45, 7) is 3.74. The summed E-state index contributed by atoms with van der Waals surface area (Å²) in [5, 5.41) is 0. The van der Waals surface area contributed by atoms with Gasteiger partial charge in [0.15, 0.2) is 0 Å². The van der Waals surface area contributed by atoms with Crippen molar-refractivity contribution < 1.29 is 4.74 Å². The fourth-order valence-electron chi connectivity index (χ4n) is 3.58. The predicted molar refractivity (Wildman–Crippen MR) is 90.4 cm³/mol. The second-order valence-corrected chi connectivity index (χ2v) is 6.12. The fraction of sp³-hybridized carbons (Fsp3) is 0.368. The number of rotatable bonds is 3. The molecule has 0 aromatic heterocycles. The number of hydrogen-bond donors (Lipinski definition) is 1. The lowest BCUT2D eigenvalue weighted by Gasteiger charge is -2.39. The van der Waals surface area contributed by atoms with Crippen LogP contribution in [0.25, 0.3) is 0 Å². The highest BCUT2D eigenvalue weighted by atomic mass is 16.5. The largest absolute Gasteiger partial charge is 0.496 e. The normalized spacial score (nSPS) is 21.5. The van der Waals surface area contributed by atoms with Gasteiger partial charge < -0.3 is 10.5 Å². The standard InChI is InChI=1S/C19H24N2O/c1-13-8-9-14-16(10-13)18(11-20)21(2)12-17(14)15-6-4-5-7-19(15)22-3/h4-10,17-18H,11-12,20H2,1-3H3. The van der Waals surface area contributed by atoms with Crippen LogP contribution in [-0.2, 0) is 0 Å². The number of aryl methyl sites for hydroxylation is 1. The van der Waals surface area contributed by atoms with E-state index in [0.29, 0.717) is 18.5 Å². The molecule has 0 amide bonds. The highest BCUT2D eigenvalue weighted by molar-refractivity contribution is 5.48. The van der Waals surface area contributed by atoms with Gasteiger partial charge in [-0.25, -0.2) is 0 Å². The van der Waals surface area contributed by atoms with E-state index < -0.39 is 0 Å². The number of hydrogen-bond acceptors (Lipinski definition) is 3. The molecule has 2 N–H and O–H groups in total. The Morgan fingerprint density at radius 1 is 1.14 bits per heavy atom. The molecular weight excluding hydrogens is 272 g/mol. The van der Waals surface area contributed by atoms with Crippen LogP contribution in [0, 0.1) is 6.92 Å². The van der Waals surface area contributed by atoms with Crippen LogP contribution in [0.3, 0.4) is 0 Å². The Labute approximate surface area is 132 Å². The Balaban J connectivity index is 2.14. The van der Waals surface area contributed by atoms with Crippen molar-refractivity contribution in [3.63, 3.8) is 0 Å². The number of methoxy groups -OCH3 is 1. The van der Waals surface area contributed by atoms with Crippen LogP contribution in [0.2, 0.25) is 0 Å². The van der Waals surface area contributed by atoms with Crippen molar-refractivity contribution in [2.24, 2.45) is 5.73 Å². The summed E-state index contributed by atoms with van der Waals surface area (Å²) in [6, 6.07) is 15.3. The second-order valence-electron chi connectivity index (χ2n) is 6.12. The summed E-state index contributed by atoms with van der Waals surface area (Å²) in [5.74, 6) is 1.28. The van der Waals surface area contributed by atoms with Crippen molar-refractivity contribution in [2.45, 2.75) is 18.9 Å². The summed E-state index contributed by atoms with van der Waals surface area (Å²) in [5.41, 5.74) is 11.3. The van der Waals surface area contributed by atoms with E-state index in [2.05, 4.69) is 49.2 Å². The van der Waals surface area contributed by atoms with Crippen LogP contribution >= 0.6 is 0 Å². The molecule has 2 aromatic carbocycles. The summed E-state index contributed by atoms with van der Waals surface area (Å²) < 4.78 is 5.58. The third-order valence-corrected chi connectivity index (χ3v) is 4.72. The van der Waals surface area contributed by atoms with Crippen LogP contribution in [0.5, 0.6) is 5.75 Å². The number of benzene rings is 2. The molecule has 2 atom stereocenters. The van der Waals surface area contributed by atoms with E-state index in [1.807, 2.05) is 12.1 Å². The van der Waals surface area contributed by atoms with Gasteiger partial charge >= 0.3 is 0 Å². The maximum atomic E-state index is 6.03. The minimum Gasteiger partial charge on any atom is -0.496 e. The smallest absolute Gasteiger partial charge is 0.122 e. The number of nitrogens with zero attached hydrogens (tertiary/aromatic N) is 1. The van der Waals surface area contributed by atoms with Crippen LogP contribution in [0.4, 0.5) is 0 Å². The van der Waals surface area contributed by atoms with Gasteiger partial charge in [0.05, 0.1) is 7.11 Å². The quantitative estimate of drug-likeness (QED) is 0.946. The minimum atomic E-state index is 0.292. The lowest BCUT2D eigenvalue weighted by atomic mass is 9.80. The lowest BCUT2D eigenvalue weighted by molar-refractivity contribution is 0.222. The van der Waals surface area contributed by atoms with Gasteiger partial charge in [0, 0.05) is 30.6 Å². The fourth-order valence-corrected chi connectivity index (χ4v) is 3.58. The molecule has 0 saturated heterocycles. The average molecular weight is 296 g/mol. The van der Waals surface area contributed by atoms with Crippen LogP contribution in [-0.4, -0.2) is 32.1 Å². The molecule has 3 heteroatoms. The Bertz CT molecular complexity index is 668. The van der Waals surface area contributed by atoms with Crippen LogP contribution in [0.1, 0.15) is 34.2 Å². The molecule has 0 saturated carbocycles. The molecule has 0 spiro atoms. The molecule has 2 unspecified atom stereocenters. The van der Waals surface area contributed by atoms with Crippen molar-refractivity contribution in [3.05, 3.63) is 64.7 Å². The highest BCUT2D eigenvalue weighted by Gasteiger charge is 2.32. The number of fused-ring (bicyclic) bond motifs is 1. The van der Waals surface area contributed by atoms with Gasteiger partial charge in [-0.15, -0.1) is 0 Å². The zero-order chi connectivity index (χ0) is 15.7. The first-order chi connectivity index (χ1) is 10.7. The van der Waals surface area contributed by atoms with E-state index in [1.165, 1.54) is 22.3 Å². The van der Waals surface area contributed by atoms with Gasteiger partial charge in [0.2, 0.25) is 0 Å². The molecular formula is C19H24N2O. The van der Waals surface area contributed by atoms with E-state index in [0.717, 1.165) is 12.3 Å². The minimum absolute atomic E-state index is 0.292. The molecule has 0 aliphatic carbocycles. The Morgan fingerprint density at radius 3 is 2.64 bits per heavy atom. The Morgan fingerprint density at radius 2 is 1.91 bits per heavy atom. The molecule has 3 rings (SSSR count). The van der Waals surface area contributed by atoms with Gasteiger partial charge in [-0.2, -0.15) is 0 Å². The molecule has 2 aromatic rings. The zero-order valence-corrected chi connectivity index (χ0v) is 13.5. The van der Waals surface area contributed by atoms with E-state index in [4.69, 9.17) is 10.5 Å². The van der Waals surface area contributed by atoms with Gasteiger partial charge in [0.25, 0.3) is 0 Å². The molecule has 1 aliphatic heterocycles. The van der Waals surface area contributed by atoms with Gasteiger partial charge in [-0.3, -0.25) is 4.90 Å². The van der Waals surface area contributed by atoms with Gasteiger partial charge in [-0.05, 0) is 31.2 Å².